The van der Waals surface area contributed by atoms with Crippen molar-refractivity contribution in [2.75, 3.05) is 31.6 Å². The normalized spacial score (nSPS) is 27.2. The number of benzene rings is 1. The van der Waals surface area contributed by atoms with Crippen molar-refractivity contribution in [1.29, 1.82) is 0 Å². The van der Waals surface area contributed by atoms with Crippen LogP contribution in [-0.2, 0) is 4.74 Å². The van der Waals surface area contributed by atoms with E-state index in [2.05, 4.69) is 5.32 Å². The Morgan fingerprint density at radius 1 is 1.33 bits per heavy atom. The number of anilines is 1. The first-order chi connectivity index (χ1) is 11.7. The van der Waals surface area contributed by atoms with Gasteiger partial charge in [0.25, 0.3) is 0 Å². The third-order valence-electron chi connectivity index (χ3n) is 4.66. The first kappa shape index (κ1) is 17.4. The lowest BCUT2D eigenvalue weighted by molar-refractivity contribution is 0.141. The van der Waals surface area contributed by atoms with Crippen LogP contribution in [0.3, 0.4) is 0 Å². The molecule has 1 aliphatic carbocycles. The van der Waals surface area contributed by atoms with Gasteiger partial charge in [-0.2, -0.15) is 0 Å². The minimum absolute atomic E-state index is 0.103. The van der Waals surface area contributed by atoms with Crippen LogP contribution in [0.4, 0.5) is 10.5 Å². The Hall–Kier alpha value is -1.46. The Balaban J connectivity index is 1.53. The van der Waals surface area contributed by atoms with Crippen LogP contribution >= 0.6 is 11.6 Å². The van der Waals surface area contributed by atoms with E-state index in [1.807, 2.05) is 31.3 Å². The average Bonchev–Trinajstić information content (AvgIpc) is 2.94. The summed E-state index contributed by atoms with van der Waals surface area (Å²) < 4.78 is 11.2. The maximum absolute atomic E-state index is 11.9. The molecule has 0 aromatic heterocycles. The zero-order valence-electron chi connectivity index (χ0n) is 14.0. The molecule has 5 nitrogen and oxygen atoms in total. The van der Waals surface area contributed by atoms with Gasteiger partial charge in [0.2, 0.25) is 0 Å². The van der Waals surface area contributed by atoms with Crippen LogP contribution in [-0.4, -0.2) is 44.3 Å². The third-order valence-corrected chi connectivity index (χ3v) is 5.06. The van der Waals surface area contributed by atoms with Gasteiger partial charge in [0.15, 0.2) is 0 Å². The highest BCUT2D eigenvalue weighted by atomic mass is 35.5. The van der Waals surface area contributed by atoms with E-state index in [1.165, 1.54) is 12.8 Å². The van der Waals surface area contributed by atoms with Crippen molar-refractivity contribution >= 4 is 23.4 Å². The topological polar surface area (TPSA) is 50.8 Å². The Morgan fingerprint density at radius 3 is 2.83 bits per heavy atom. The molecule has 6 heteroatoms. The van der Waals surface area contributed by atoms with Gasteiger partial charge in [-0.25, -0.2) is 4.79 Å². The lowest BCUT2D eigenvalue weighted by Gasteiger charge is -2.25. The van der Waals surface area contributed by atoms with Gasteiger partial charge in [-0.05, 0) is 56.5 Å². The monoisotopic (exact) mass is 352 g/mol. The Bertz CT molecular complexity index is 552. The number of carbonyl (C=O) groups is 1. The van der Waals surface area contributed by atoms with E-state index in [-0.39, 0.29) is 12.2 Å². The standard InChI is InChI=1S/C18H25ClN2O3/c1-20-10-17-11-21(18(22)24-17)15-5-7-16(8-6-15)23-12-13-3-2-4-14(19)9-13/h5-8,13-14,17,20H,2-4,9-12H2,1H3/t13?,14-,17?/m1/s1. The molecule has 3 atom stereocenters. The number of ether oxygens (including phenoxy) is 2. The maximum Gasteiger partial charge on any atom is 0.414 e. The van der Waals surface area contributed by atoms with Crippen molar-refractivity contribution in [1.82, 2.24) is 5.32 Å². The summed E-state index contributed by atoms with van der Waals surface area (Å²) in [5.74, 6) is 1.37. The van der Waals surface area contributed by atoms with Crippen LogP contribution in [0.2, 0.25) is 0 Å². The van der Waals surface area contributed by atoms with Crippen LogP contribution in [0.15, 0.2) is 24.3 Å². The summed E-state index contributed by atoms with van der Waals surface area (Å²) in [6.07, 6.45) is 4.13. The summed E-state index contributed by atoms with van der Waals surface area (Å²) in [5, 5.41) is 3.32. The zero-order chi connectivity index (χ0) is 16.9. The van der Waals surface area contributed by atoms with Crippen LogP contribution in [0.5, 0.6) is 5.75 Å². The second-order valence-corrected chi connectivity index (χ2v) is 7.23. The Kier molecular flexibility index (Phi) is 5.85. The van der Waals surface area contributed by atoms with Gasteiger partial charge in [0, 0.05) is 17.6 Å². The molecule has 1 saturated carbocycles. The van der Waals surface area contributed by atoms with Gasteiger partial charge in [-0.3, -0.25) is 4.90 Å². The molecule has 1 saturated heterocycles. The molecule has 0 spiro atoms. The summed E-state index contributed by atoms with van der Waals surface area (Å²) in [7, 11) is 1.85. The van der Waals surface area contributed by atoms with Crippen LogP contribution in [0.1, 0.15) is 25.7 Å². The van der Waals surface area contributed by atoms with Crippen molar-refractivity contribution in [2.45, 2.75) is 37.2 Å². The van der Waals surface area contributed by atoms with E-state index in [0.29, 0.717) is 31.0 Å². The summed E-state index contributed by atoms with van der Waals surface area (Å²) in [6, 6.07) is 7.64. The van der Waals surface area contributed by atoms with Gasteiger partial charge in [-0.15, -0.1) is 11.6 Å². The number of alkyl halides is 1. The highest BCUT2D eigenvalue weighted by Crippen LogP contribution is 2.29. The smallest absolute Gasteiger partial charge is 0.414 e. The maximum atomic E-state index is 11.9. The van der Waals surface area contributed by atoms with Gasteiger partial charge >= 0.3 is 6.09 Å². The summed E-state index contributed by atoms with van der Waals surface area (Å²) >= 11 is 6.23. The molecular weight excluding hydrogens is 328 g/mol. The predicted molar refractivity (Wildman–Crippen MR) is 95.1 cm³/mol. The fraction of sp³-hybridized carbons (Fsp3) is 0.611. The summed E-state index contributed by atoms with van der Waals surface area (Å²) in [4.78, 5) is 13.6. The van der Waals surface area contributed by atoms with Crippen molar-refractivity contribution in [3.63, 3.8) is 0 Å². The van der Waals surface area contributed by atoms with E-state index in [9.17, 15) is 4.79 Å². The third kappa shape index (κ3) is 4.33. The van der Waals surface area contributed by atoms with Crippen molar-refractivity contribution in [3.05, 3.63) is 24.3 Å². The molecule has 2 fully saturated rings. The van der Waals surface area contributed by atoms with Crippen LogP contribution in [0.25, 0.3) is 0 Å². The van der Waals surface area contributed by atoms with E-state index >= 15 is 0 Å². The van der Waals surface area contributed by atoms with Gasteiger partial charge in [-0.1, -0.05) is 6.42 Å². The number of hydrogen-bond acceptors (Lipinski definition) is 4. The highest BCUT2D eigenvalue weighted by molar-refractivity contribution is 6.20. The van der Waals surface area contributed by atoms with E-state index in [0.717, 1.165) is 24.3 Å². The number of nitrogens with zero attached hydrogens (tertiary/aromatic N) is 1. The molecule has 1 aromatic carbocycles. The SMILES string of the molecule is CNCC1CN(c2ccc(OCC3CCC[C@@H](Cl)C3)cc2)C(=O)O1. The number of rotatable bonds is 6. The van der Waals surface area contributed by atoms with Crippen molar-refractivity contribution in [2.24, 2.45) is 5.92 Å². The summed E-state index contributed by atoms with van der Waals surface area (Å²) in [5.41, 5.74) is 0.837. The Morgan fingerprint density at radius 2 is 2.12 bits per heavy atom. The number of halogens is 1. The predicted octanol–water partition coefficient (Wildman–Crippen LogP) is 3.41. The fourth-order valence-corrected chi connectivity index (χ4v) is 3.79. The number of amides is 1. The number of hydrogen-bond donors (Lipinski definition) is 1. The zero-order valence-corrected chi connectivity index (χ0v) is 14.8. The average molecular weight is 353 g/mol. The molecule has 1 heterocycles. The van der Waals surface area contributed by atoms with Crippen molar-refractivity contribution < 1.29 is 14.3 Å². The minimum Gasteiger partial charge on any atom is -0.493 e. The molecule has 1 aliphatic heterocycles. The molecular formula is C18H25ClN2O3. The largest absolute Gasteiger partial charge is 0.493 e. The molecule has 2 aliphatic rings. The summed E-state index contributed by atoms with van der Waals surface area (Å²) in [6.45, 7) is 1.93. The van der Waals surface area contributed by atoms with Crippen molar-refractivity contribution in [3.8, 4) is 5.75 Å². The van der Waals surface area contributed by atoms with Crippen LogP contribution < -0.4 is 15.0 Å². The van der Waals surface area contributed by atoms with E-state index in [4.69, 9.17) is 21.1 Å². The fourth-order valence-electron chi connectivity index (χ4n) is 3.38. The molecule has 132 valence electrons. The molecule has 2 unspecified atom stereocenters. The Labute approximate surface area is 148 Å². The highest BCUT2D eigenvalue weighted by Gasteiger charge is 2.31. The van der Waals surface area contributed by atoms with Gasteiger partial charge < -0.3 is 14.8 Å². The second kappa shape index (κ2) is 8.08. The number of cyclic esters (lactones) is 1. The van der Waals surface area contributed by atoms with E-state index in [1.54, 1.807) is 4.90 Å². The molecule has 1 amide bonds. The van der Waals surface area contributed by atoms with Gasteiger partial charge in [0.1, 0.15) is 11.9 Å². The first-order valence-corrected chi connectivity index (χ1v) is 9.09. The van der Waals surface area contributed by atoms with E-state index < -0.39 is 0 Å². The molecule has 24 heavy (non-hydrogen) atoms. The molecule has 0 bridgehead atoms. The second-order valence-electron chi connectivity index (χ2n) is 6.61. The number of nitrogens with one attached hydrogen (secondary N) is 1. The van der Waals surface area contributed by atoms with Crippen LogP contribution in [0, 0.1) is 5.92 Å². The number of carbonyl (C=O) groups excluding carboxylic acids is 1. The molecule has 3 rings (SSSR count). The minimum atomic E-state index is -0.292. The quantitative estimate of drug-likeness (QED) is 0.797. The molecule has 1 aromatic rings. The molecule has 0 radical (unpaired) electrons. The molecule has 1 N–H and O–H groups in total. The van der Waals surface area contributed by atoms with Gasteiger partial charge in [0.05, 0.1) is 13.2 Å². The first-order valence-electron chi connectivity index (χ1n) is 8.65. The lowest BCUT2D eigenvalue weighted by Crippen LogP contribution is -2.29. The lowest BCUT2D eigenvalue weighted by atomic mass is 9.89. The number of likely N-dealkylation sites (N-methyl/N-ethyl adjacent to an activating group) is 1.